The molecule has 6 nitrogen and oxygen atoms in total. The Balaban J connectivity index is 1.49. The molecule has 1 saturated heterocycles. The molecule has 2 aliphatic rings. The number of H-pyrrole nitrogens is 1. The van der Waals surface area contributed by atoms with Crippen LogP contribution in [0.3, 0.4) is 0 Å². The Morgan fingerprint density at radius 1 is 1.12 bits per heavy atom. The number of aromatic nitrogens is 2. The van der Waals surface area contributed by atoms with Crippen molar-refractivity contribution >= 4 is 23.2 Å². The Bertz CT molecular complexity index is 859. The van der Waals surface area contributed by atoms with Crippen LogP contribution in [-0.2, 0) is 12.8 Å². The summed E-state index contributed by atoms with van der Waals surface area (Å²) in [5.74, 6) is 1.46. The van der Waals surface area contributed by atoms with Gasteiger partial charge in [-0.3, -0.25) is 9.78 Å². The van der Waals surface area contributed by atoms with Crippen LogP contribution in [0.1, 0.15) is 24.1 Å². The molecule has 4 rings (SSSR count). The molecule has 1 aromatic heterocycles. The molecule has 1 aliphatic carbocycles. The van der Waals surface area contributed by atoms with Crippen LogP contribution in [0.2, 0.25) is 5.02 Å². The number of rotatable bonds is 3. The second kappa shape index (κ2) is 7.19. The van der Waals surface area contributed by atoms with Gasteiger partial charge in [-0.1, -0.05) is 11.6 Å². The van der Waals surface area contributed by atoms with Crippen molar-refractivity contribution in [3.05, 3.63) is 44.8 Å². The highest BCUT2D eigenvalue weighted by Gasteiger charge is 2.23. The molecule has 0 unspecified atom stereocenters. The maximum absolute atomic E-state index is 12.4. The van der Waals surface area contributed by atoms with Crippen LogP contribution in [0.5, 0.6) is 5.75 Å². The minimum absolute atomic E-state index is 0.0327. The molecule has 0 atom stereocenters. The van der Waals surface area contributed by atoms with E-state index in [9.17, 15) is 4.79 Å². The van der Waals surface area contributed by atoms with Gasteiger partial charge in [0.25, 0.3) is 5.56 Å². The van der Waals surface area contributed by atoms with Crippen LogP contribution in [0.25, 0.3) is 0 Å². The Hall–Kier alpha value is -2.21. The van der Waals surface area contributed by atoms with Crippen molar-refractivity contribution in [2.24, 2.45) is 0 Å². The SMILES string of the molecule is COc1ccc(N2CCN(c3nc4c(c(=O)[nH]3)CCCC4)CC2)c(Cl)c1. The summed E-state index contributed by atoms with van der Waals surface area (Å²) in [6.07, 6.45) is 3.96. The van der Waals surface area contributed by atoms with E-state index in [1.807, 2.05) is 18.2 Å². The first-order valence-electron chi connectivity index (χ1n) is 9.11. The van der Waals surface area contributed by atoms with Crippen molar-refractivity contribution in [2.75, 3.05) is 43.1 Å². The van der Waals surface area contributed by atoms with Crippen molar-refractivity contribution < 1.29 is 4.74 Å². The Morgan fingerprint density at radius 2 is 1.85 bits per heavy atom. The maximum Gasteiger partial charge on any atom is 0.255 e. The molecule has 1 aromatic carbocycles. The van der Waals surface area contributed by atoms with Gasteiger partial charge < -0.3 is 14.5 Å². The van der Waals surface area contributed by atoms with E-state index in [0.29, 0.717) is 11.0 Å². The van der Waals surface area contributed by atoms with Gasteiger partial charge in [0.05, 0.1) is 23.5 Å². The first-order chi connectivity index (χ1) is 12.7. The van der Waals surface area contributed by atoms with Crippen molar-refractivity contribution in [3.63, 3.8) is 0 Å². The monoisotopic (exact) mass is 374 g/mol. The van der Waals surface area contributed by atoms with Gasteiger partial charge >= 0.3 is 0 Å². The minimum atomic E-state index is 0.0327. The van der Waals surface area contributed by atoms with E-state index < -0.39 is 0 Å². The third-order valence-electron chi connectivity index (χ3n) is 5.25. The van der Waals surface area contributed by atoms with E-state index in [0.717, 1.165) is 74.6 Å². The summed E-state index contributed by atoms with van der Waals surface area (Å²) in [5.41, 5.74) is 2.91. The molecule has 2 heterocycles. The zero-order chi connectivity index (χ0) is 18.1. The molecule has 2 aromatic rings. The first-order valence-corrected chi connectivity index (χ1v) is 9.49. The highest BCUT2D eigenvalue weighted by molar-refractivity contribution is 6.33. The predicted octanol–water partition coefficient (Wildman–Crippen LogP) is 2.64. The summed E-state index contributed by atoms with van der Waals surface area (Å²) in [7, 11) is 1.64. The first kappa shape index (κ1) is 17.2. The zero-order valence-electron chi connectivity index (χ0n) is 14.9. The van der Waals surface area contributed by atoms with Gasteiger partial charge in [-0.25, -0.2) is 4.98 Å². The number of methoxy groups -OCH3 is 1. The van der Waals surface area contributed by atoms with Crippen LogP contribution < -0.4 is 20.1 Å². The predicted molar refractivity (Wildman–Crippen MR) is 104 cm³/mol. The molecule has 0 saturated carbocycles. The Labute approximate surface area is 157 Å². The van der Waals surface area contributed by atoms with Crippen LogP contribution >= 0.6 is 11.6 Å². The topological polar surface area (TPSA) is 61.5 Å². The number of anilines is 2. The van der Waals surface area contributed by atoms with Gasteiger partial charge in [0.1, 0.15) is 5.75 Å². The normalized spacial score (nSPS) is 17.2. The zero-order valence-corrected chi connectivity index (χ0v) is 15.7. The van der Waals surface area contributed by atoms with Crippen LogP contribution in [-0.4, -0.2) is 43.3 Å². The summed E-state index contributed by atoms with van der Waals surface area (Å²) in [4.78, 5) is 24.5. The van der Waals surface area contributed by atoms with Gasteiger partial charge in [0.15, 0.2) is 0 Å². The molecule has 1 aliphatic heterocycles. The van der Waals surface area contributed by atoms with Gasteiger partial charge in [-0.15, -0.1) is 0 Å². The average Bonchev–Trinajstić information content (AvgIpc) is 2.68. The summed E-state index contributed by atoms with van der Waals surface area (Å²) in [5, 5.41) is 0.693. The lowest BCUT2D eigenvalue weighted by Gasteiger charge is -2.37. The number of aromatic amines is 1. The van der Waals surface area contributed by atoms with Crippen LogP contribution in [0.4, 0.5) is 11.6 Å². The molecule has 138 valence electrons. The van der Waals surface area contributed by atoms with Crippen molar-refractivity contribution in [3.8, 4) is 5.75 Å². The summed E-state index contributed by atoms with van der Waals surface area (Å²) in [6.45, 7) is 3.24. The largest absolute Gasteiger partial charge is 0.497 e. The fraction of sp³-hybridized carbons (Fsp3) is 0.474. The Kier molecular flexibility index (Phi) is 4.76. The van der Waals surface area contributed by atoms with Crippen molar-refractivity contribution in [1.82, 2.24) is 9.97 Å². The lowest BCUT2D eigenvalue weighted by Crippen LogP contribution is -2.47. The van der Waals surface area contributed by atoms with E-state index in [1.54, 1.807) is 7.11 Å². The van der Waals surface area contributed by atoms with E-state index in [4.69, 9.17) is 21.3 Å². The standard InChI is InChI=1S/C19H23ClN4O2/c1-26-13-6-7-17(15(20)12-13)23-8-10-24(11-9-23)19-21-16-5-3-2-4-14(16)18(25)22-19/h6-7,12H,2-5,8-11H2,1H3,(H,21,22,25). The highest BCUT2D eigenvalue weighted by atomic mass is 35.5. The van der Waals surface area contributed by atoms with Crippen LogP contribution in [0.15, 0.2) is 23.0 Å². The number of halogens is 1. The molecule has 0 spiro atoms. The lowest BCUT2D eigenvalue weighted by molar-refractivity contribution is 0.415. The van der Waals surface area contributed by atoms with E-state index in [1.165, 1.54) is 0 Å². The molecule has 1 N–H and O–H groups in total. The molecular weight excluding hydrogens is 352 g/mol. The minimum Gasteiger partial charge on any atom is -0.497 e. The average molecular weight is 375 g/mol. The highest BCUT2D eigenvalue weighted by Crippen LogP contribution is 2.30. The second-order valence-corrected chi connectivity index (χ2v) is 7.22. The molecule has 0 bridgehead atoms. The third-order valence-corrected chi connectivity index (χ3v) is 5.56. The number of aryl methyl sites for hydroxylation is 1. The van der Waals surface area contributed by atoms with Crippen molar-refractivity contribution in [2.45, 2.75) is 25.7 Å². The van der Waals surface area contributed by atoms with Gasteiger partial charge in [-0.05, 0) is 37.8 Å². The van der Waals surface area contributed by atoms with Crippen molar-refractivity contribution in [1.29, 1.82) is 0 Å². The fourth-order valence-electron chi connectivity index (χ4n) is 3.77. The smallest absolute Gasteiger partial charge is 0.255 e. The van der Waals surface area contributed by atoms with E-state index in [2.05, 4.69) is 14.8 Å². The summed E-state index contributed by atoms with van der Waals surface area (Å²) >= 11 is 6.40. The third kappa shape index (κ3) is 3.26. The van der Waals surface area contributed by atoms with Gasteiger partial charge in [-0.2, -0.15) is 0 Å². The molecule has 0 amide bonds. The molecule has 26 heavy (non-hydrogen) atoms. The van der Waals surface area contributed by atoms with E-state index in [-0.39, 0.29) is 5.56 Å². The molecule has 0 radical (unpaired) electrons. The molecule has 1 fully saturated rings. The number of nitrogens with zero attached hydrogens (tertiary/aromatic N) is 3. The van der Waals surface area contributed by atoms with Crippen LogP contribution in [0, 0.1) is 0 Å². The molecular formula is C19H23ClN4O2. The molecule has 7 heteroatoms. The fourth-order valence-corrected chi connectivity index (χ4v) is 4.06. The number of ether oxygens (including phenoxy) is 1. The second-order valence-electron chi connectivity index (χ2n) is 6.81. The number of hydrogen-bond donors (Lipinski definition) is 1. The summed E-state index contributed by atoms with van der Waals surface area (Å²) in [6, 6.07) is 5.76. The number of fused-ring (bicyclic) bond motifs is 1. The van der Waals surface area contributed by atoms with Gasteiger partial charge in [0, 0.05) is 37.8 Å². The van der Waals surface area contributed by atoms with E-state index >= 15 is 0 Å². The summed E-state index contributed by atoms with van der Waals surface area (Å²) < 4.78 is 5.22. The van der Waals surface area contributed by atoms with Gasteiger partial charge in [0.2, 0.25) is 5.95 Å². The number of hydrogen-bond acceptors (Lipinski definition) is 5. The Morgan fingerprint density at radius 3 is 2.58 bits per heavy atom. The lowest BCUT2D eigenvalue weighted by atomic mass is 9.97. The number of piperazine rings is 1. The quantitative estimate of drug-likeness (QED) is 0.894. The maximum atomic E-state index is 12.4. The number of benzene rings is 1. The number of nitrogens with one attached hydrogen (secondary N) is 1.